The Morgan fingerprint density at radius 2 is 1.23 bits per heavy atom. The molecule has 2 aliphatic rings. The molecule has 202 valence electrons. The number of anilines is 2. The Kier molecular flexibility index (Phi) is 6.35. The smallest absolute Gasteiger partial charge is 0.101 e. The molecule has 0 radical (unpaired) electrons. The number of hydrogen-bond acceptors (Lipinski definition) is 3. The highest BCUT2D eigenvalue weighted by molar-refractivity contribution is 5.96. The van der Waals surface area contributed by atoms with E-state index in [0.717, 1.165) is 33.5 Å². The minimum atomic E-state index is -0.608. The highest BCUT2D eigenvalue weighted by Crippen LogP contribution is 2.58. The second-order valence-corrected chi connectivity index (χ2v) is 10.8. The third-order valence-corrected chi connectivity index (χ3v) is 8.59. The minimum absolute atomic E-state index is 0.424. The summed E-state index contributed by atoms with van der Waals surface area (Å²) >= 11 is 0. The maximum atomic E-state index is 10.2. The average molecular weight is 550 g/mol. The van der Waals surface area contributed by atoms with Crippen molar-refractivity contribution < 1.29 is 0 Å². The average Bonchev–Trinajstić information content (AvgIpc) is 3.36. The van der Waals surface area contributed by atoms with Gasteiger partial charge in [0, 0.05) is 11.4 Å². The zero-order valence-electron chi connectivity index (χ0n) is 23.5. The van der Waals surface area contributed by atoms with Crippen molar-refractivity contribution in [1.82, 2.24) is 0 Å². The first-order valence-corrected chi connectivity index (χ1v) is 14.3. The molecule has 0 aromatic heterocycles. The van der Waals surface area contributed by atoms with Gasteiger partial charge in [0.2, 0.25) is 0 Å². The van der Waals surface area contributed by atoms with Crippen molar-refractivity contribution in [1.29, 1.82) is 10.5 Å². The summed E-state index contributed by atoms with van der Waals surface area (Å²) in [7, 11) is 0. The lowest BCUT2D eigenvalue weighted by molar-refractivity contribution is 0.768. The van der Waals surface area contributed by atoms with E-state index in [1.54, 1.807) is 18.2 Å². The number of nitrogens with zero attached hydrogens (tertiary/aromatic N) is 3. The van der Waals surface area contributed by atoms with E-state index in [2.05, 4.69) is 122 Å². The number of nitriles is 2. The van der Waals surface area contributed by atoms with E-state index in [1.807, 2.05) is 23.1 Å². The van der Waals surface area contributed by atoms with E-state index in [1.165, 1.54) is 11.1 Å². The molecule has 43 heavy (non-hydrogen) atoms. The van der Waals surface area contributed by atoms with Gasteiger partial charge in [-0.15, -0.1) is 0 Å². The lowest BCUT2D eigenvalue weighted by atomic mass is 9.67. The lowest BCUT2D eigenvalue weighted by Gasteiger charge is -2.35. The molecule has 1 aliphatic heterocycles. The number of benzene rings is 5. The molecule has 3 heteroatoms. The molecule has 0 bridgehead atoms. The number of rotatable bonds is 3. The molecular formula is C40H27N3. The van der Waals surface area contributed by atoms with Gasteiger partial charge in [0.25, 0.3) is 0 Å². The Labute approximate surface area is 252 Å². The third-order valence-electron chi connectivity index (χ3n) is 8.59. The van der Waals surface area contributed by atoms with E-state index < -0.39 is 5.41 Å². The molecular weight excluding hydrogens is 522 g/mol. The Morgan fingerprint density at radius 3 is 1.88 bits per heavy atom. The quantitative estimate of drug-likeness (QED) is 0.226. The van der Waals surface area contributed by atoms with Crippen LogP contribution in [0.2, 0.25) is 0 Å². The minimum Gasteiger partial charge on any atom is -0.308 e. The van der Waals surface area contributed by atoms with Crippen molar-refractivity contribution >= 4 is 16.9 Å². The van der Waals surface area contributed by atoms with Crippen molar-refractivity contribution in [2.75, 3.05) is 4.90 Å². The summed E-state index contributed by atoms with van der Waals surface area (Å²) in [5, 5.41) is 20.4. The Morgan fingerprint density at radius 1 is 0.651 bits per heavy atom. The van der Waals surface area contributed by atoms with Gasteiger partial charge in [-0.1, -0.05) is 122 Å². The molecule has 5 aromatic carbocycles. The number of hydrogen-bond donors (Lipinski definition) is 0. The molecule has 0 spiro atoms. The summed E-state index contributed by atoms with van der Waals surface area (Å²) in [6, 6.07) is 48.1. The van der Waals surface area contributed by atoms with Crippen LogP contribution in [0.15, 0.2) is 157 Å². The van der Waals surface area contributed by atoms with Gasteiger partial charge < -0.3 is 4.90 Å². The maximum Gasteiger partial charge on any atom is 0.101 e. The highest BCUT2D eigenvalue weighted by atomic mass is 15.2. The fraction of sp³-hybridized carbons (Fsp3) is 0.0500. The molecule has 0 amide bonds. The normalized spacial score (nSPS) is 14.8. The second-order valence-electron chi connectivity index (χ2n) is 10.8. The first kappa shape index (κ1) is 26.0. The molecule has 0 fully saturated rings. The summed E-state index contributed by atoms with van der Waals surface area (Å²) in [6.07, 6.45) is 5.16. The first-order valence-electron chi connectivity index (χ1n) is 14.3. The zero-order valence-corrected chi connectivity index (χ0v) is 23.5. The van der Waals surface area contributed by atoms with Crippen molar-refractivity contribution in [2.24, 2.45) is 0 Å². The van der Waals surface area contributed by atoms with Crippen LogP contribution in [0.3, 0.4) is 0 Å². The van der Waals surface area contributed by atoms with Crippen molar-refractivity contribution in [3.05, 3.63) is 196 Å². The van der Waals surface area contributed by atoms with Crippen LogP contribution in [0.1, 0.15) is 38.9 Å². The highest BCUT2D eigenvalue weighted by Gasteiger charge is 2.48. The molecule has 1 heterocycles. The number of allylic oxidation sites excluding steroid dienone is 4. The fourth-order valence-electron chi connectivity index (χ4n) is 6.84. The van der Waals surface area contributed by atoms with E-state index in [9.17, 15) is 10.5 Å². The van der Waals surface area contributed by atoms with Gasteiger partial charge in [0.05, 0.1) is 22.2 Å². The van der Waals surface area contributed by atoms with Gasteiger partial charge in [-0.3, -0.25) is 0 Å². The SMILES string of the molecule is C=C1C=C2C(=CCc3ccccc3N1c1c(C#N)cccc1C#N)c1ccccc1C2(c1ccccc1)c1ccccc1. The number of fused-ring (bicyclic) bond motifs is 4. The zero-order chi connectivity index (χ0) is 29.4. The number of para-hydroxylation sites is 2. The molecule has 0 N–H and O–H groups in total. The Bertz CT molecular complexity index is 1960. The Hall–Kier alpha value is -5.90. The molecule has 5 aromatic rings. The van der Waals surface area contributed by atoms with Crippen LogP contribution in [-0.2, 0) is 11.8 Å². The summed E-state index contributed by atoms with van der Waals surface area (Å²) < 4.78 is 0. The van der Waals surface area contributed by atoms with Crippen LogP contribution >= 0.6 is 0 Å². The fourth-order valence-corrected chi connectivity index (χ4v) is 6.84. The largest absolute Gasteiger partial charge is 0.308 e. The molecule has 7 rings (SSSR count). The van der Waals surface area contributed by atoms with E-state index >= 15 is 0 Å². The van der Waals surface area contributed by atoms with Gasteiger partial charge >= 0.3 is 0 Å². The van der Waals surface area contributed by atoms with E-state index in [-0.39, 0.29) is 0 Å². The predicted octanol–water partition coefficient (Wildman–Crippen LogP) is 9.00. The molecule has 0 saturated heterocycles. The van der Waals surface area contributed by atoms with Crippen LogP contribution in [-0.4, -0.2) is 0 Å². The van der Waals surface area contributed by atoms with Gasteiger partial charge in [-0.05, 0) is 69.7 Å². The summed E-state index contributed by atoms with van der Waals surface area (Å²) in [6.45, 7) is 4.64. The monoisotopic (exact) mass is 549 g/mol. The summed E-state index contributed by atoms with van der Waals surface area (Å²) in [4.78, 5) is 2.00. The summed E-state index contributed by atoms with van der Waals surface area (Å²) in [5.74, 6) is 0. The molecule has 3 nitrogen and oxygen atoms in total. The topological polar surface area (TPSA) is 50.8 Å². The van der Waals surface area contributed by atoms with E-state index in [0.29, 0.717) is 28.9 Å². The van der Waals surface area contributed by atoms with Gasteiger partial charge in [-0.25, -0.2) is 0 Å². The standard InChI is InChI=1S/C40H27N3/c1-28-25-37-35(24-23-29-13-8-11-22-38(29)43(28)39-30(26-41)14-12-15-31(39)27-42)34-20-9-10-21-36(34)40(37,32-16-4-2-5-17-32)33-18-6-3-7-19-33/h2-22,24-25H,1,23H2. The van der Waals surface area contributed by atoms with Crippen LogP contribution < -0.4 is 4.90 Å². The van der Waals surface area contributed by atoms with Gasteiger partial charge in [0.1, 0.15) is 12.1 Å². The van der Waals surface area contributed by atoms with Crippen LogP contribution in [0.25, 0.3) is 5.57 Å². The molecule has 1 aliphatic carbocycles. The third kappa shape index (κ3) is 3.95. The van der Waals surface area contributed by atoms with Gasteiger partial charge in [-0.2, -0.15) is 10.5 Å². The lowest BCUT2D eigenvalue weighted by Crippen LogP contribution is -2.29. The van der Waals surface area contributed by atoms with Crippen molar-refractivity contribution in [2.45, 2.75) is 11.8 Å². The first-order chi connectivity index (χ1) is 21.2. The molecule has 0 atom stereocenters. The predicted molar refractivity (Wildman–Crippen MR) is 173 cm³/mol. The van der Waals surface area contributed by atoms with Crippen LogP contribution in [0, 0.1) is 22.7 Å². The summed E-state index contributed by atoms with van der Waals surface area (Å²) in [5.41, 5.74) is 10.5. The van der Waals surface area contributed by atoms with Crippen LogP contribution in [0.4, 0.5) is 11.4 Å². The van der Waals surface area contributed by atoms with E-state index in [4.69, 9.17) is 0 Å². The second kappa shape index (κ2) is 10.5. The van der Waals surface area contributed by atoms with Crippen LogP contribution in [0.5, 0.6) is 0 Å². The Balaban J connectivity index is 1.60. The maximum absolute atomic E-state index is 10.2. The molecule has 0 unspecified atom stereocenters. The molecule has 0 saturated carbocycles. The van der Waals surface area contributed by atoms with Crippen molar-refractivity contribution in [3.63, 3.8) is 0 Å². The van der Waals surface area contributed by atoms with Gasteiger partial charge in [0.15, 0.2) is 0 Å². The van der Waals surface area contributed by atoms with Crippen molar-refractivity contribution in [3.8, 4) is 12.1 Å².